The van der Waals surface area contributed by atoms with Crippen molar-refractivity contribution in [2.45, 2.75) is 71.2 Å². The molecule has 2 aromatic carbocycles. The number of aliphatic carboxylic acids is 1. The molecule has 0 bridgehead atoms. The lowest BCUT2D eigenvalue weighted by Gasteiger charge is -2.40. The van der Waals surface area contributed by atoms with Crippen molar-refractivity contribution >= 4 is 29.7 Å². The Labute approximate surface area is 251 Å². The number of hydrogen-bond acceptors (Lipinski definition) is 7. The van der Waals surface area contributed by atoms with Gasteiger partial charge in [-0.1, -0.05) is 60.7 Å². The van der Waals surface area contributed by atoms with Gasteiger partial charge in [-0.3, -0.25) is 19.2 Å². The van der Waals surface area contributed by atoms with Gasteiger partial charge in [-0.05, 0) is 52.2 Å². The molecule has 0 aliphatic carbocycles. The second-order valence-electron chi connectivity index (χ2n) is 12.3. The number of carbonyl (C=O) groups excluding carboxylic acids is 4. The molecule has 3 rings (SSSR count). The first kappa shape index (κ1) is 33.3. The van der Waals surface area contributed by atoms with Crippen LogP contribution in [0.25, 0.3) is 0 Å². The van der Waals surface area contributed by atoms with Gasteiger partial charge in [0, 0.05) is 19.5 Å². The van der Waals surface area contributed by atoms with Gasteiger partial charge in [0.2, 0.25) is 11.8 Å². The normalized spacial score (nSPS) is 18.0. The number of nitrogens with zero attached hydrogens (tertiary/aromatic N) is 1. The van der Waals surface area contributed by atoms with Crippen LogP contribution in [0.2, 0.25) is 0 Å². The number of ether oxygens (including phenoxy) is 2. The third kappa shape index (κ3) is 9.12. The fourth-order valence-electron chi connectivity index (χ4n) is 4.74. The predicted octanol–water partition coefficient (Wildman–Crippen LogP) is 3.11. The number of nitrogens with one attached hydrogen (secondary N) is 2. The highest BCUT2D eigenvalue weighted by atomic mass is 16.6. The third-order valence-electron chi connectivity index (χ3n) is 7.05. The average Bonchev–Trinajstić information content (AvgIpc) is 2.93. The van der Waals surface area contributed by atoms with E-state index in [-0.39, 0.29) is 39.1 Å². The molecule has 1 aliphatic rings. The molecule has 43 heavy (non-hydrogen) atoms. The number of carbonyl (C=O) groups is 5. The fraction of sp³-hybridized carbons (Fsp3) is 0.469. The number of ketones is 1. The predicted molar refractivity (Wildman–Crippen MR) is 158 cm³/mol. The van der Waals surface area contributed by atoms with Crippen LogP contribution in [0.1, 0.15) is 52.2 Å². The van der Waals surface area contributed by atoms with Crippen LogP contribution in [0.5, 0.6) is 0 Å². The molecule has 0 spiro atoms. The lowest BCUT2D eigenvalue weighted by atomic mass is 9.74. The number of Topliss-reactive ketones (excluding diaryl/α,β-unsaturated/α-hetero) is 1. The van der Waals surface area contributed by atoms with Gasteiger partial charge in [-0.15, -0.1) is 0 Å². The highest BCUT2D eigenvalue weighted by molar-refractivity contribution is 6.05. The summed E-state index contributed by atoms with van der Waals surface area (Å²) in [6.45, 7) is 7.56. The Morgan fingerprint density at radius 2 is 1.53 bits per heavy atom. The summed E-state index contributed by atoms with van der Waals surface area (Å²) in [6.07, 6.45) is -1.04. The molecule has 11 heteroatoms. The maximum Gasteiger partial charge on any atom is 0.408 e. The summed E-state index contributed by atoms with van der Waals surface area (Å²) >= 11 is 0. The number of amides is 3. The topological polar surface area (TPSA) is 151 Å². The highest BCUT2D eigenvalue weighted by Crippen LogP contribution is 2.32. The standard InChI is InChI=1S/C32H41N3O8/c1-30(2,3)43-29(41)34-31(4,5)27(38)33-24(20-42-19-23-14-10-7-11-15-23)26(37)35-17-16-25(36)32(21-35,28(39)40)18-22-12-8-6-9-13-22/h6-15,24H,16-21H2,1-5H3,(H,33,38)(H,34,41)(H,39,40). The van der Waals surface area contributed by atoms with Crippen molar-refractivity contribution in [1.82, 2.24) is 15.5 Å². The van der Waals surface area contributed by atoms with Gasteiger partial charge in [-0.25, -0.2) is 4.79 Å². The molecule has 3 amide bonds. The van der Waals surface area contributed by atoms with Crippen LogP contribution in [0.3, 0.4) is 0 Å². The third-order valence-corrected chi connectivity index (χ3v) is 7.05. The lowest BCUT2D eigenvalue weighted by Crippen LogP contribution is -2.63. The van der Waals surface area contributed by atoms with Gasteiger partial charge in [0.15, 0.2) is 5.78 Å². The fourth-order valence-corrected chi connectivity index (χ4v) is 4.74. The first-order valence-corrected chi connectivity index (χ1v) is 14.2. The molecule has 1 fully saturated rings. The van der Waals surface area contributed by atoms with Gasteiger partial charge < -0.3 is 30.1 Å². The lowest BCUT2D eigenvalue weighted by molar-refractivity contribution is -0.161. The van der Waals surface area contributed by atoms with Gasteiger partial charge in [0.1, 0.15) is 22.6 Å². The minimum Gasteiger partial charge on any atom is -0.480 e. The second-order valence-corrected chi connectivity index (χ2v) is 12.3. The monoisotopic (exact) mass is 595 g/mol. The Morgan fingerprint density at radius 1 is 0.953 bits per heavy atom. The van der Waals surface area contributed by atoms with Gasteiger partial charge >= 0.3 is 12.1 Å². The SMILES string of the molecule is CC(C)(C)OC(=O)NC(C)(C)C(=O)NC(COCc1ccccc1)C(=O)N1CCC(=O)C(Cc2ccccc2)(C(=O)O)C1. The number of piperidine rings is 1. The average molecular weight is 596 g/mol. The zero-order valence-electron chi connectivity index (χ0n) is 25.3. The van der Waals surface area contributed by atoms with E-state index in [9.17, 15) is 29.1 Å². The summed E-state index contributed by atoms with van der Waals surface area (Å²) in [5.74, 6) is -3.05. The van der Waals surface area contributed by atoms with Crippen LogP contribution in [-0.2, 0) is 41.7 Å². The van der Waals surface area contributed by atoms with Crippen molar-refractivity contribution < 1.29 is 38.6 Å². The molecular weight excluding hydrogens is 554 g/mol. The number of alkyl carbamates (subject to hydrolysis) is 1. The molecule has 0 aromatic heterocycles. The van der Waals surface area contributed by atoms with Crippen LogP contribution in [0.4, 0.5) is 4.79 Å². The van der Waals surface area contributed by atoms with E-state index >= 15 is 0 Å². The van der Waals surface area contributed by atoms with Crippen molar-refractivity contribution in [1.29, 1.82) is 0 Å². The zero-order chi connectivity index (χ0) is 31.8. The van der Waals surface area contributed by atoms with Crippen molar-refractivity contribution in [2.24, 2.45) is 5.41 Å². The first-order chi connectivity index (χ1) is 20.1. The minimum absolute atomic E-state index is 0.00784. The molecule has 2 unspecified atom stereocenters. The number of carboxylic acids is 1. The van der Waals surface area contributed by atoms with Crippen molar-refractivity contribution in [3.8, 4) is 0 Å². The minimum atomic E-state index is -1.84. The van der Waals surface area contributed by atoms with E-state index in [1.807, 2.05) is 30.3 Å². The van der Waals surface area contributed by atoms with E-state index in [4.69, 9.17) is 9.47 Å². The molecule has 1 heterocycles. The van der Waals surface area contributed by atoms with E-state index in [1.165, 1.54) is 18.7 Å². The summed E-state index contributed by atoms with van der Waals surface area (Å²) in [4.78, 5) is 66.6. The highest BCUT2D eigenvalue weighted by Gasteiger charge is 2.51. The summed E-state index contributed by atoms with van der Waals surface area (Å²) in [5.41, 5.74) is -2.60. The zero-order valence-corrected chi connectivity index (χ0v) is 25.3. The van der Waals surface area contributed by atoms with E-state index < -0.39 is 52.3 Å². The van der Waals surface area contributed by atoms with E-state index in [1.54, 1.807) is 51.1 Å². The molecule has 2 atom stereocenters. The van der Waals surface area contributed by atoms with E-state index in [0.717, 1.165) is 5.56 Å². The number of rotatable bonds is 11. The van der Waals surface area contributed by atoms with Crippen molar-refractivity contribution in [3.05, 3.63) is 71.8 Å². The van der Waals surface area contributed by atoms with Crippen molar-refractivity contribution in [3.63, 3.8) is 0 Å². The Morgan fingerprint density at radius 3 is 2.09 bits per heavy atom. The van der Waals surface area contributed by atoms with Gasteiger partial charge in [-0.2, -0.15) is 0 Å². The summed E-state index contributed by atoms with van der Waals surface area (Å²) in [7, 11) is 0. The van der Waals surface area contributed by atoms with E-state index in [2.05, 4.69) is 10.6 Å². The van der Waals surface area contributed by atoms with Crippen LogP contribution in [-0.4, -0.2) is 76.5 Å². The smallest absolute Gasteiger partial charge is 0.408 e. The van der Waals surface area contributed by atoms with Gasteiger partial charge in [0.25, 0.3) is 0 Å². The molecule has 11 nitrogen and oxygen atoms in total. The molecule has 1 saturated heterocycles. The van der Waals surface area contributed by atoms with Crippen LogP contribution in [0.15, 0.2) is 60.7 Å². The first-order valence-electron chi connectivity index (χ1n) is 14.2. The molecule has 2 aromatic rings. The molecule has 0 radical (unpaired) electrons. The molecular formula is C32H41N3O8. The summed E-state index contributed by atoms with van der Waals surface area (Å²) in [6, 6.07) is 16.8. The van der Waals surface area contributed by atoms with Crippen LogP contribution in [0, 0.1) is 5.41 Å². The maximum atomic E-state index is 13.9. The molecule has 232 valence electrons. The maximum absolute atomic E-state index is 13.9. The Balaban J connectivity index is 1.82. The Kier molecular flexibility index (Phi) is 10.7. The molecule has 0 saturated carbocycles. The molecule has 3 N–H and O–H groups in total. The number of hydrogen-bond donors (Lipinski definition) is 3. The Hall–Kier alpha value is -4.25. The van der Waals surface area contributed by atoms with Crippen LogP contribution < -0.4 is 10.6 Å². The van der Waals surface area contributed by atoms with Gasteiger partial charge in [0.05, 0.1) is 13.2 Å². The van der Waals surface area contributed by atoms with Crippen LogP contribution >= 0.6 is 0 Å². The Bertz CT molecular complexity index is 1310. The quantitative estimate of drug-likeness (QED) is 0.335. The summed E-state index contributed by atoms with van der Waals surface area (Å²) < 4.78 is 11.1. The van der Waals surface area contributed by atoms with Crippen molar-refractivity contribution in [2.75, 3.05) is 19.7 Å². The molecule has 1 aliphatic heterocycles. The number of carboxylic acid groups (broad SMARTS) is 1. The largest absolute Gasteiger partial charge is 0.480 e. The second kappa shape index (κ2) is 13.8. The number of likely N-dealkylation sites (tertiary alicyclic amines) is 1. The number of benzene rings is 2. The van der Waals surface area contributed by atoms with E-state index in [0.29, 0.717) is 5.56 Å². The summed E-state index contributed by atoms with van der Waals surface area (Å²) in [5, 5.41) is 15.4.